The minimum absolute atomic E-state index is 0.128. The van der Waals surface area contributed by atoms with E-state index >= 15 is 0 Å². The summed E-state index contributed by atoms with van der Waals surface area (Å²) in [5, 5.41) is 15.2. The number of nitrogens with one attached hydrogen (secondary N) is 3. The van der Waals surface area contributed by atoms with Crippen LogP contribution in [0, 0.1) is 0 Å². The molecule has 0 radical (unpaired) electrons. The molecule has 18 heavy (non-hydrogen) atoms. The summed E-state index contributed by atoms with van der Waals surface area (Å²) in [5.74, 6) is 0.305. The highest BCUT2D eigenvalue weighted by molar-refractivity contribution is 6.02. The summed E-state index contributed by atoms with van der Waals surface area (Å²) in [6.07, 6.45) is 0. The summed E-state index contributed by atoms with van der Waals surface area (Å²) in [7, 11) is 0. The van der Waals surface area contributed by atoms with Gasteiger partial charge in [0, 0.05) is 17.8 Å². The number of carbonyl (C=O) groups is 1. The molecule has 2 aromatic rings. The number of amides is 1. The predicted molar refractivity (Wildman–Crippen MR) is 65.5 cm³/mol. The summed E-state index contributed by atoms with van der Waals surface area (Å²) in [6, 6.07) is 4.35. The Morgan fingerprint density at radius 2 is 2.06 bits per heavy atom. The Balaban J connectivity index is 2.11. The van der Waals surface area contributed by atoms with Gasteiger partial charge in [-0.15, -0.1) is 0 Å². The van der Waals surface area contributed by atoms with E-state index in [1.165, 1.54) is 12.1 Å². The third kappa shape index (κ3) is 2.62. The van der Waals surface area contributed by atoms with Crippen molar-refractivity contribution >= 4 is 11.7 Å². The molecule has 0 aromatic carbocycles. The van der Waals surface area contributed by atoms with Crippen LogP contribution in [0.3, 0.4) is 0 Å². The highest BCUT2D eigenvalue weighted by Crippen LogP contribution is 2.14. The normalized spacial score (nSPS) is 10.6. The van der Waals surface area contributed by atoms with Gasteiger partial charge < -0.3 is 5.32 Å². The van der Waals surface area contributed by atoms with Gasteiger partial charge in [-0.25, -0.2) is 5.10 Å². The third-order valence-corrected chi connectivity index (χ3v) is 2.37. The van der Waals surface area contributed by atoms with Crippen LogP contribution < -0.4 is 10.9 Å². The first-order valence-electron chi connectivity index (χ1n) is 5.48. The van der Waals surface area contributed by atoms with Crippen molar-refractivity contribution in [2.24, 2.45) is 0 Å². The molecule has 0 saturated heterocycles. The highest BCUT2D eigenvalue weighted by atomic mass is 16.2. The molecular formula is C11H13N5O2. The van der Waals surface area contributed by atoms with Crippen LogP contribution in [0.1, 0.15) is 35.9 Å². The van der Waals surface area contributed by atoms with E-state index < -0.39 is 5.91 Å². The van der Waals surface area contributed by atoms with Crippen LogP contribution in [0.25, 0.3) is 0 Å². The van der Waals surface area contributed by atoms with E-state index in [1.807, 2.05) is 13.8 Å². The molecule has 2 rings (SSSR count). The first-order valence-corrected chi connectivity index (χ1v) is 5.48. The van der Waals surface area contributed by atoms with Crippen molar-refractivity contribution in [3.63, 3.8) is 0 Å². The Kier molecular flexibility index (Phi) is 3.22. The van der Waals surface area contributed by atoms with Crippen LogP contribution in [0.2, 0.25) is 0 Å². The number of aromatic nitrogens is 4. The Morgan fingerprint density at radius 3 is 2.61 bits per heavy atom. The van der Waals surface area contributed by atoms with E-state index in [0.29, 0.717) is 11.7 Å². The average molecular weight is 247 g/mol. The monoisotopic (exact) mass is 247 g/mol. The van der Waals surface area contributed by atoms with Crippen molar-refractivity contribution < 1.29 is 4.79 Å². The molecule has 0 bridgehead atoms. The summed E-state index contributed by atoms with van der Waals surface area (Å²) in [4.78, 5) is 22.6. The first kappa shape index (κ1) is 12.0. The fourth-order valence-corrected chi connectivity index (χ4v) is 1.35. The lowest BCUT2D eigenvalue weighted by Crippen LogP contribution is -2.17. The second-order valence-electron chi connectivity index (χ2n) is 4.12. The maximum Gasteiger partial charge on any atom is 0.277 e. The number of hydrogen-bond acceptors (Lipinski definition) is 4. The molecule has 0 unspecified atom stereocenters. The maximum atomic E-state index is 11.8. The Hall–Kier alpha value is -2.44. The first-order chi connectivity index (χ1) is 8.56. The van der Waals surface area contributed by atoms with Crippen molar-refractivity contribution in [1.29, 1.82) is 0 Å². The number of rotatable bonds is 3. The van der Waals surface area contributed by atoms with Gasteiger partial charge in [0.25, 0.3) is 11.5 Å². The third-order valence-electron chi connectivity index (χ3n) is 2.37. The van der Waals surface area contributed by atoms with Crippen molar-refractivity contribution in [2.45, 2.75) is 19.8 Å². The van der Waals surface area contributed by atoms with Crippen LogP contribution in [0.4, 0.5) is 5.82 Å². The number of aromatic amines is 2. The van der Waals surface area contributed by atoms with Gasteiger partial charge in [0.1, 0.15) is 5.69 Å². The van der Waals surface area contributed by atoms with Crippen molar-refractivity contribution in [3.8, 4) is 0 Å². The van der Waals surface area contributed by atoms with Crippen LogP contribution in [0.5, 0.6) is 0 Å². The molecule has 94 valence electrons. The number of H-pyrrole nitrogens is 2. The quantitative estimate of drug-likeness (QED) is 0.748. The van der Waals surface area contributed by atoms with Crippen molar-refractivity contribution in [1.82, 2.24) is 20.4 Å². The molecule has 2 heterocycles. The van der Waals surface area contributed by atoms with E-state index in [0.717, 1.165) is 5.69 Å². The lowest BCUT2D eigenvalue weighted by atomic mass is 10.1. The van der Waals surface area contributed by atoms with Gasteiger partial charge in [0.2, 0.25) is 0 Å². The zero-order valence-corrected chi connectivity index (χ0v) is 10.0. The standard InChI is InChI=1S/C11H13N5O2/c1-6(2)8-5-9(15-14-8)12-11(18)7-3-4-10(17)16-13-7/h3-6H,1-2H3,(H,16,17)(H2,12,14,15,18). The topological polar surface area (TPSA) is 104 Å². The van der Waals surface area contributed by atoms with E-state index in [9.17, 15) is 9.59 Å². The molecule has 0 saturated carbocycles. The highest BCUT2D eigenvalue weighted by Gasteiger charge is 2.11. The fourth-order valence-electron chi connectivity index (χ4n) is 1.35. The lowest BCUT2D eigenvalue weighted by Gasteiger charge is -1.99. The molecule has 2 aromatic heterocycles. The van der Waals surface area contributed by atoms with Gasteiger partial charge in [-0.2, -0.15) is 10.2 Å². The Bertz CT molecular complexity index is 593. The minimum atomic E-state index is -0.423. The van der Waals surface area contributed by atoms with E-state index in [2.05, 4.69) is 25.7 Å². The SMILES string of the molecule is CC(C)c1cc(NC(=O)c2ccc(=O)[nH]n2)n[nH]1. The molecule has 0 aliphatic rings. The van der Waals surface area contributed by atoms with Gasteiger partial charge >= 0.3 is 0 Å². The number of anilines is 1. The van der Waals surface area contributed by atoms with Crippen LogP contribution >= 0.6 is 0 Å². The average Bonchev–Trinajstić information content (AvgIpc) is 2.78. The number of nitrogens with zero attached hydrogens (tertiary/aromatic N) is 2. The van der Waals surface area contributed by atoms with Gasteiger partial charge in [-0.05, 0) is 12.0 Å². The molecule has 0 aliphatic heterocycles. The Labute approximate surface area is 103 Å². The fraction of sp³-hybridized carbons (Fsp3) is 0.273. The number of carbonyl (C=O) groups excluding carboxylic acids is 1. The second-order valence-corrected chi connectivity index (χ2v) is 4.12. The summed E-state index contributed by atoms with van der Waals surface area (Å²) < 4.78 is 0. The molecular weight excluding hydrogens is 234 g/mol. The van der Waals surface area contributed by atoms with E-state index in [-0.39, 0.29) is 11.3 Å². The van der Waals surface area contributed by atoms with Gasteiger partial charge in [0.15, 0.2) is 5.82 Å². The largest absolute Gasteiger partial charge is 0.304 e. The van der Waals surface area contributed by atoms with E-state index in [1.54, 1.807) is 6.07 Å². The molecule has 7 heteroatoms. The summed E-state index contributed by atoms with van der Waals surface area (Å²) in [5.41, 5.74) is 0.705. The summed E-state index contributed by atoms with van der Waals surface area (Å²) in [6.45, 7) is 4.03. The van der Waals surface area contributed by atoms with Crippen molar-refractivity contribution in [2.75, 3.05) is 5.32 Å². The molecule has 0 atom stereocenters. The van der Waals surface area contributed by atoms with Crippen LogP contribution in [-0.4, -0.2) is 26.3 Å². The van der Waals surface area contributed by atoms with Crippen molar-refractivity contribution in [3.05, 3.63) is 39.9 Å². The molecule has 7 nitrogen and oxygen atoms in total. The van der Waals surface area contributed by atoms with Gasteiger partial charge in [-0.3, -0.25) is 14.7 Å². The number of hydrogen-bond donors (Lipinski definition) is 3. The molecule has 0 fully saturated rings. The zero-order chi connectivity index (χ0) is 13.1. The minimum Gasteiger partial charge on any atom is -0.304 e. The maximum absolute atomic E-state index is 11.8. The van der Waals surface area contributed by atoms with Crippen LogP contribution in [0.15, 0.2) is 23.0 Å². The van der Waals surface area contributed by atoms with Gasteiger partial charge in [0.05, 0.1) is 0 Å². The summed E-state index contributed by atoms with van der Waals surface area (Å²) >= 11 is 0. The molecule has 1 amide bonds. The van der Waals surface area contributed by atoms with Gasteiger partial charge in [-0.1, -0.05) is 13.8 Å². The smallest absolute Gasteiger partial charge is 0.277 e. The van der Waals surface area contributed by atoms with Crippen LogP contribution in [-0.2, 0) is 0 Å². The lowest BCUT2D eigenvalue weighted by molar-refractivity contribution is 0.102. The van der Waals surface area contributed by atoms with E-state index in [4.69, 9.17) is 0 Å². The second kappa shape index (κ2) is 4.82. The zero-order valence-electron chi connectivity index (χ0n) is 10.0. The molecule has 3 N–H and O–H groups in total. The Morgan fingerprint density at radius 1 is 1.28 bits per heavy atom. The molecule has 0 spiro atoms. The predicted octanol–water partition coefficient (Wildman–Crippen LogP) is 0.869. The molecule has 0 aliphatic carbocycles.